The largest absolute Gasteiger partial charge is 0.378 e. The van der Waals surface area contributed by atoms with Crippen molar-refractivity contribution < 1.29 is 14.3 Å². The average molecular weight is 402 g/mol. The summed E-state index contributed by atoms with van der Waals surface area (Å²) in [4.78, 5) is 29.2. The van der Waals surface area contributed by atoms with E-state index in [9.17, 15) is 9.59 Å². The highest BCUT2D eigenvalue weighted by Crippen LogP contribution is 2.36. The molecule has 1 fully saturated rings. The third-order valence-corrected chi connectivity index (χ3v) is 5.82. The van der Waals surface area contributed by atoms with Crippen LogP contribution in [0.4, 0.5) is 0 Å². The Morgan fingerprint density at radius 2 is 1.71 bits per heavy atom. The number of carbonyl (C=O) groups excluding carboxylic acids is 2. The standard InChI is InChI=1S/C21H24ClN3O3/c22-17-5-2-1-4-16(17)21-18-6-3-9-23(18)10-11-25(21)20(27)8-7-19(26)24-12-14-28-15-13-24/h1-6,9,21H,7-8,10-15H2/t21-/m1/s1. The summed E-state index contributed by atoms with van der Waals surface area (Å²) < 4.78 is 7.45. The number of rotatable bonds is 4. The molecule has 7 heteroatoms. The van der Waals surface area contributed by atoms with E-state index in [1.165, 1.54) is 0 Å². The minimum atomic E-state index is -0.233. The van der Waals surface area contributed by atoms with Crippen LogP contribution in [0.25, 0.3) is 0 Å². The summed E-state index contributed by atoms with van der Waals surface area (Å²) in [6, 6.07) is 11.4. The third-order valence-electron chi connectivity index (χ3n) is 5.47. The van der Waals surface area contributed by atoms with E-state index in [-0.39, 0.29) is 30.7 Å². The van der Waals surface area contributed by atoms with Crippen molar-refractivity contribution in [3.63, 3.8) is 0 Å². The molecule has 0 N–H and O–H groups in total. The number of carbonyl (C=O) groups is 2. The van der Waals surface area contributed by atoms with Gasteiger partial charge in [-0.15, -0.1) is 0 Å². The van der Waals surface area contributed by atoms with Gasteiger partial charge in [0.15, 0.2) is 0 Å². The lowest BCUT2D eigenvalue weighted by atomic mass is 9.99. The third kappa shape index (κ3) is 3.80. The Morgan fingerprint density at radius 3 is 2.50 bits per heavy atom. The maximum Gasteiger partial charge on any atom is 0.223 e. The molecule has 0 saturated carbocycles. The minimum Gasteiger partial charge on any atom is -0.378 e. The van der Waals surface area contributed by atoms with Crippen molar-refractivity contribution in [2.45, 2.75) is 25.4 Å². The van der Waals surface area contributed by atoms with E-state index in [4.69, 9.17) is 16.3 Å². The van der Waals surface area contributed by atoms with Gasteiger partial charge in [0, 0.05) is 55.9 Å². The molecule has 2 aromatic rings. The Hall–Kier alpha value is -2.31. The Morgan fingerprint density at radius 1 is 0.964 bits per heavy atom. The molecular formula is C21H24ClN3O3. The molecule has 0 bridgehead atoms. The van der Waals surface area contributed by atoms with Crippen LogP contribution in [0.3, 0.4) is 0 Å². The van der Waals surface area contributed by atoms with E-state index in [1.54, 1.807) is 4.90 Å². The second kappa shape index (κ2) is 8.37. The molecule has 1 aromatic carbocycles. The number of ether oxygens (including phenoxy) is 1. The molecule has 28 heavy (non-hydrogen) atoms. The predicted octanol–water partition coefficient (Wildman–Crippen LogP) is 2.71. The van der Waals surface area contributed by atoms with Gasteiger partial charge in [-0.2, -0.15) is 0 Å². The van der Waals surface area contributed by atoms with E-state index in [0.29, 0.717) is 37.9 Å². The number of amides is 2. The molecule has 1 atom stereocenters. The SMILES string of the molecule is O=C(CCC(=O)N1CCn2cccc2[C@H]1c1ccccc1Cl)N1CCOCC1. The maximum absolute atomic E-state index is 13.1. The smallest absolute Gasteiger partial charge is 0.223 e. The number of hydrogen-bond donors (Lipinski definition) is 0. The van der Waals surface area contributed by atoms with Gasteiger partial charge in [-0.1, -0.05) is 29.8 Å². The average Bonchev–Trinajstić information content (AvgIpc) is 3.21. The van der Waals surface area contributed by atoms with Gasteiger partial charge in [0.25, 0.3) is 0 Å². The van der Waals surface area contributed by atoms with Crippen LogP contribution in [-0.2, 0) is 20.9 Å². The molecule has 0 aliphatic carbocycles. The van der Waals surface area contributed by atoms with Gasteiger partial charge in [0.1, 0.15) is 0 Å². The van der Waals surface area contributed by atoms with Crippen molar-refractivity contribution in [3.8, 4) is 0 Å². The molecular weight excluding hydrogens is 378 g/mol. The topological polar surface area (TPSA) is 54.8 Å². The number of morpholine rings is 1. The summed E-state index contributed by atoms with van der Waals surface area (Å²) in [5.41, 5.74) is 1.96. The first-order chi connectivity index (χ1) is 13.6. The Kier molecular flexibility index (Phi) is 5.69. The first-order valence-corrected chi connectivity index (χ1v) is 10.1. The van der Waals surface area contributed by atoms with Gasteiger partial charge in [0.05, 0.1) is 19.3 Å². The Bertz CT molecular complexity index is 860. The summed E-state index contributed by atoms with van der Waals surface area (Å²) in [7, 11) is 0. The van der Waals surface area contributed by atoms with E-state index >= 15 is 0 Å². The molecule has 6 nitrogen and oxygen atoms in total. The fourth-order valence-corrected chi connectivity index (χ4v) is 4.24. The quantitative estimate of drug-likeness (QED) is 0.791. The lowest BCUT2D eigenvalue weighted by Crippen LogP contribution is -2.44. The summed E-state index contributed by atoms with van der Waals surface area (Å²) in [6.07, 6.45) is 2.46. The van der Waals surface area contributed by atoms with Gasteiger partial charge in [0.2, 0.25) is 11.8 Å². The molecule has 0 unspecified atom stereocenters. The van der Waals surface area contributed by atoms with Crippen LogP contribution >= 0.6 is 11.6 Å². The zero-order valence-electron chi connectivity index (χ0n) is 15.7. The molecule has 2 aliphatic heterocycles. The van der Waals surface area contributed by atoms with E-state index in [2.05, 4.69) is 4.57 Å². The highest BCUT2D eigenvalue weighted by atomic mass is 35.5. The Labute approximate surface area is 169 Å². The molecule has 148 valence electrons. The van der Waals surface area contributed by atoms with Crippen LogP contribution in [-0.4, -0.2) is 59.0 Å². The summed E-state index contributed by atoms with van der Waals surface area (Å²) >= 11 is 6.47. The normalized spacial score (nSPS) is 19.4. The second-order valence-electron chi connectivity index (χ2n) is 7.13. The monoisotopic (exact) mass is 401 g/mol. The number of hydrogen-bond acceptors (Lipinski definition) is 3. The highest BCUT2D eigenvalue weighted by molar-refractivity contribution is 6.31. The maximum atomic E-state index is 13.1. The van der Waals surface area contributed by atoms with Crippen LogP contribution < -0.4 is 0 Å². The van der Waals surface area contributed by atoms with Gasteiger partial charge >= 0.3 is 0 Å². The molecule has 0 spiro atoms. The van der Waals surface area contributed by atoms with Crippen LogP contribution in [0.2, 0.25) is 5.02 Å². The first kappa shape index (κ1) is 19.0. The molecule has 1 aromatic heterocycles. The summed E-state index contributed by atoms with van der Waals surface area (Å²) in [5.74, 6) is 0.00491. The number of nitrogens with zero attached hydrogens (tertiary/aromatic N) is 3. The van der Waals surface area contributed by atoms with Crippen molar-refractivity contribution in [2.24, 2.45) is 0 Å². The lowest BCUT2D eigenvalue weighted by Gasteiger charge is -2.38. The van der Waals surface area contributed by atoms with Gasteiger partial charge in [-0.05, 0) is 23.8 Å². The van der Waals surface area contributed by atoms with E-state index < -0.39 is 0 Å². The van der Waals surface area contributed by atoms with Crippen molar-refractivity contribution in [1.29, 1.82) is 0 Å². The number of halogens is 1. The van der Waals surface area contributed by atoms with Crippen molar-refractivity contribution in [1.82, 2.24) is 14.4 Å². The molecule has 2 aliphatic rings. The van der Waals surface area contributed by atoms with Gasteiger partial charge in [-0.3, -0.25) is 9.59 Å². The van der Waals surface area contributed by atoms with Crippen molar-refractivity contribution in [2.75, 3.05) is 32.8 Å². The fraction of sp³-hybridized carbons (Fsp3) is 0.429. The highest BCUT2D eigenvalue weighted by Gasteiger charge is 2.33. The lowest BCUT2D eigenvalue weighted by molar-refractivity contribution is -0.140. The molecule has 2 amide bonds. The summed E-state index contributed by atoms with van der Waals surface area (Å²) in [5, 5.41) is 0.643. The number of fused-ring (bicyclic) bond motifs is 1. The minimum absolute atomic E-state index is 0.0148. The van der Waals surface area contributed by atoms with E-state index in [0.717, 1.165) is 17.8 Å². The number of aromatic nitrogens is 1. The zero-order valence-corrected chi connectivity index (χ0v) is 16.5. The summed E-state index contributed by atoms with van der Waals surface area (Å²) in [6.45, 7) is 3.68. The molecule has 1 saturated heterocycles. The van der Waals surface area contributed by atoms with Gasteiger partial charge < -0.3 is 19.1 Å². The van der Waals surface area contributed by atoms with Crippen LogP contribution in [0.5, 0.6) is 0 Å². The molecule has 4 rings (SSSR count). The van der Waals surface area contributed by atoms with Crippen LogP contribution in [0.15, 0.2) is 42.6 Å². The fourth-order valence-electron chi connectivity index (χ4n) is 4.00. The van der Waals surface area contributed by atoms with Gasteiger partial charge in [-0.25, -0.2) is 0 Å². The van der Waals surface area contributed by atoms with Crippen molar-refractivity contribution in [3.05, 3.63) is 58.9 Å². The van der Waals surface area contributed by atoms with E-state index in [1.807, 2.05) is 47.5 Å². The second-order valence-corrected chi connectivity index (χ2v) is 7.54. The van der Waals surface area contributed by atoms with Crippen LogP contribution in [0.1, 0.15) is 30.1 Å². The van der Waals surface area contributed by atoms with Crippen molar-refractivity contribution >= 4 is 23.4 Å². The molecule has 0 radical (unpaired) electrons. The number of benzene rings is 1. The molecule has 3 heterocycles. The zero-order chi connectivity index (χ0) is 19.5. The predicted molar refractivity (Wildman–Crippen MR) is 106 cm³/mol. The Balaban J connectivity index is 1.51. The first-order valence-electron chi connectivity index (χ1n) is 9.69. The van der Waals surface area contributed by atoms with Crippen LogP contribution in [0, 0.1) is 0 Å².